The van der Waals surface area contributed by atoms with Crippen LogP contribution in [0.5, 0.6) is 0 Å². The van der Waals surface area contributed by atoms with Crippen LogP contribution in [0.3, 0.4) is 0 Å². The van der Waals surface area contributed by atoms with Gasteiger partial charge in [0.1, 0.15) is 0 Å². The molecular weight excluding hydrogens is 171 g/mol. The first kappa shape index (κ1) is 10.5. The normalized spacial score (nSPS) is 28.5. The average Bonchev–Trinajstić information content (AvgIpc) is 2.03. The molecule has 0 spiro atoms. The van der Waals surface area contributed by atoms with Gasteiger partial charge in [0, 0.05) is 6.42 Å². The lowest BCUT2D eigenvalue weighted by Crippen LogP contribution is -2.26. The van der Waals surface area contributed by atoms with E-state index in [1.807, 2.05) is 0 Å². The van der Waals surface area contributed by atoms with Gasteiger partial charge in [-0.25, -0.2) is 0 Å². The molecule has 4 nitrogen and oxygen atoms in total. The molecule has 0 aromatic carbocycles. The smallest absolute Gasteiger partial charge is 0.454 e. The van der Waals surface area contributed by atoms with E-state index in [2.05, 4.69) is 0 Å². The van der Waals surface area contributed by atoms with Gasteiger partial charge in [-0.2, -0.15) is 0 Å². The molecule has 0 saturated heterocycles. The SMILES string of the molecule is O=C(O)CC1CCCC(B(O)O)C1. The number of rotatable bonds is 3. The molecule has 1 saturated carbocycles. The third-order valence-corrected chi connectivity index (χ3v) is 2.71. The molecule has 0 aromatic heterocycles. The summed E-state index contributed by atoms with van der Waals surface area (Å²) in [5.41, 5.74) is 0. The maximum absolute atomic E-state index is 10.4. The van der Waals surface area contributed by atoms with Gasteiger partial charge in [-0.15, -0.1) is 0 Å². The number of hydrogen-bond donors (Lipinski definition) is 3. The van der Waals surface area contributed by atoms with Crippen LogP contribution in [0.15, 0.2) is 0 Å². The summed E-state index contributed by atoms with van der Waals surface area (Å²) in [5, 5.41) is 26.4. The van der Waals surface area contributed by atoms with Crippen LogP contribution in [-0.4, -0.2) is 28.2 Å². The second kappa shape index (κ2) is 4.62. The molecule has 0 radical (unpaired) electrons. The molecule has 0 amide bonds. The zero-order valence-electron chi connectivity index (χ0n) is 7.52. The number of carboxylic acid groups (broad SMARTS) is 1. The van der Waals surface area contributed by atoms with Crippen molar-refractivity contribution >= 4 is 13.1 Å². The maximum Gasteiger partial charge on any atom is 0.454 e. The Morgan fingerprint density at radius 2 is 2.08 bits per heavy atom. The molecule has 1 fully saturated rings. The van der Waals surface area contributed by atoms with E-state index in [0.717, 1.165) is 19.3 Å². The summed E-state index contributed by atoms with van der Waals surface area (Å²) in [6.07, 6.45) is 3.39. The summed E-state index contributed by atoms with van der Waals surface area (Å²) < 4.78 is 0. The van der Waals surface area contributed by atoms with Crippen molar-refractivity contribution in [2.75, 3.05) is 0 Å². The maximum atomic E-state index is 10.4. The van der Waals surface area contributed by atoms with Crippen molar-refractivity contribution in [2.45, 2.75) is 37.9 Å². The van der Waals surface area contributed by atoms with Crippen molar-refractivity contribution in [3.63, 3.8) is 0 Å². The van der Waals surface area contributed by atoms with Crippen LogP contribution in [0.1, 0.15) is 32.1 Å². The molecular formula is C8H15BO4. The van der Waals surface area contributed by atoms with Gasteiger partial charge in [0.2, 0.25) is 0 Å². The lowest BCUT2D eigenvalue weighted by atomic mass is 9.62. The van der Waals surface area contributed by atoms with Crippen molar-refractivity contribution in [1.82, 2.24) is 0 Å². The Morgan fingerprint density at radius 1 is 1.38 bits per heavy atom. The van der Waals surface area contributed by atoms with E-state index < -0.39 is 13.1 Å². The van der Waals surface area contributed by atoms with Crippen molar-refractivity contribution in [3.8, 4) is 0 Å². The molecule has 13 heavy (non-hydrogen) atoms. The highest BCUT2D eigenvalue weighted by Crippen LogP contribution is 2.35. The highest BCUT2D eigenvalue weighted by Gasteiger charge is 2.30. The largest absolute Gasteiger partial charge is 0.481 e. The highest BCUT2D eigenvalue weighted by atomic mass is 16.4. The molecule has 0 heterocycles. The monoisotopic (exact) mass is 186 g/mol. The molecule has 1 aliphatic carbocycles. The van der Waals surface area contributed by atoms with Gasteiger partial charge in [-0.3, -0.25) is 4.79 Å². The lowest BCUT2D eigenvalue weighted by molar-refractivity contribution is -0.138. The van der Waals surface area contributed by atoms with E-state index in [4.69, 9.17) is 15.2 Å². The second-order valence-electron chi connectivity index (χ2n) is 3.80. The fourth-order valence-corrected chi connectivity index (χ4v) is 2.04. The van der Waals surface area contributed by atoms with Crippen LogP contribution in [0.4, 0.5) is 0 Å². The van der Waals surface area contributed by atoms with Crippen molar-refractivity contribution in [3.05, 3.63) is 0 Å². The molecule has 0 bridgehead atoms. The Balaban J connectivity index is 2.37. The minimum Gasteiger partial charge on any atom is -0.481 e. The minimum absolute atomic E-state index is 0.123. The van der Waals surface area contributed by atoms with Gasteiger partial charge in [-0.05, 0) is 24.6 Å². The average molecular weight is 186 g/mol. The molecule has 3 N–H and O–H groups in total. The molecule has 0 aromatic rings. The van der Waals surface area contributed by atoms with E-state index >= 15 is 0 Å². The van der Waals surface area contributed by atoms with Crippen molar-refractivity contribution in [1.29, 1.82) is 0 Å². The van der Waals surface area contributed by atoms with E-state index in [9.17, 15) is 4.79 Å². The molecule has 74 valence electrons. The van der Waals surface area contributed by atoms with E-state index in [1.54, 1.807) is 0 Å². The van der Waals surface area contributed by atoms with Crippen LogP contribution in [0.2, 0.25) is 5.82 Å². The van der Waals surface area contributed by atoms with Crippen molar-refractivity contribution < 1.29 is 19.9 Å². The van der Waals surface area contributed by atoms with E-state index in [0.29, 0.717) is 6.42 Å². The Hall–Kier alpha value is -0.545. The Kier molecular flexibility index (Phi) is 3.75. The van der Waals surface area contributed by atoms with Gasteiger partial charge in [0.15, 0.2) is 0 Å². The summed E-state index contributed by atoms with van der Waals surface area (Å²) in [4.78, 5) is 10.4. The number of carboxylic acids is 1. The first-order valence-electron chi connectivity index (χ1n) is 4.67. The fraction of sp³-hybridized carbons (Fsp3) is 0.875. The van der Waals surface area contributed by atoms with Crippen molar-refractivity contribution in [2.24, 2.45) is 5.92 Å². The van der Waals surface area contributed by atoms with E-state index in [-0.39, 0.29) is 18.2 Å². The van der Waals surface area contributed by atoms with Crippen LogP contribution >= 0.6 is 0 Å². The molecule has 1 aliphatic rings. The second-order valence-corrected chi connectivity index (χ2v) is 3.80. The number of aliphatic carboxylic acids is 1. The van der Waals surface area contributed by atoms with E-state index in [1.165, 1.54) is 0 Å². The number of carbonyl (C=O) groups is 1. The van der Waals surface area contributed by atoms with Crippen LogP contribution < -0.4 is 0 Å². The third kappa shape index (κ3) is 3.36. The quantitative estimate of drug-likeness (QED) is 0.560. The Morgan fingerprint density at radius 3 is 2.62 bits per heavy atom. The minimum atomic E-state index is -1.28. The summed E-state index contributed by atoms with van der Waals surface area (Å²) in [5.74, 6) is -0.797. The van der Waals surface area contributed by atoms with Gasteiger partial charge in [0.25, 0.3) is 0 Å². The molecule has 0 aliphatic heterocycles. The first-order chi connectivity index (χ1) is 6.09. The van der Waals surface area contributed by atoms with Gasteiger partial charge >= 0.3 is 13.1 Å². The topological polar surface area (TPSA) is 77.8 Å². The predicted octanol–water partition coefficient (Wildman–Crippen LogP) is 0.494. The Labute approximate surface area is 77.7 Å². The zero-order valence-corrected chi connectivity index (χ0v) is 7.52. The molecule has 2 unspecified atom stereocenters. The number of hydrogen-bond acceptors (Lipinski definition) is 3. The lowest BCUT2D eigenvalue weighted by Gasteiger charge is -2.27. The standard InChI is InChI=1S/C8H15BO4/c10-8(11)5-6-2-1-3-7(4-6)9(12)13/h6-7,12-13H,1-5H2,(H,10,11). The highest BCUT2D eigenvalue weighted by molar-refractivity contribution is 6.43. The molecule has 5 heteroatoms. The van der Waals surface area contributed by atoms with Crippen LogP contribution in [-0.2, 0) is 4.79 Å². The summed E-state index contributed by atoms with van der Waals surface area (Å²) in [6, 6.07) is 0. The molecule has 2 atom stereocenters. The first-order valence-corrected chi connectivity index (χ1v) is 4.67. The Bertz CT molecular complexity index is 183. The third-order valence-electron chi connectivity index (χ3n) is 2.71. The summed E-state index contributed by atoms with van der Waals surface area (Å²) in [6.45, 7) is 0. The summed E-state index contributed by atoms with van der Waals surface area (Å²) >= 11 is 0. The predicted molar refractivity (Wildman–Crippen MR) is 48.2 cm³/mol. The molecule has 1 rings (SSSR count). The van der Waals surface area contributed by atoms with Gasteiger partial charge < -0.3 is 15.2 Å². The summed E-state index contributed by atoms with van der Waals surface area (Å²) in [7, 11) is -1.28. The zero-order chi connectivity index (χ0) is 9.84. The van der Waals surface area contributed by atoms with Crippen LogP contribution in [0, 0.1) is 5.92 Å². The van der Waals surface area contributed by atoms with Gasteiger partial charge in [-0.1, -0.05) is 12.8 Å². The fourth-order valence-electron chi connectivity index (χ4n) is 2.04. The van der Waals surface area contributed by atoms with Crippen LogP contribution in [0.25, 0.3) is 0 Å². The van der Waals surface area contributed by atoms with Gasteiger partial charge in [0.05, 0.1) is 0 Å².